The standard InChI is InChI=1S/C24H22N4OS/c1-16-13-19(27-22(14-16)28-21-10-4-5-12-25-21)20-15-26-23(30-20)24(29)11-6-8-17-7-2-3-9-18(17)24/h2-5,7,9-10,12-15,29H,6,8,11H2,1H3,(H,25,27,28). The zero-order valence-corrected chi connectivity index (χ0v) is 17.5. The van der Waals surface area contributed by atoms with Gasteiger partial charge in [0.1, 0.15) is 22.2 Å². The summed E-state index contributed by atoms with van der Waals surface area (Å²) in [7, 11) is 0. The van der Waals surface area contributed by atoms with Crippen LogP contribution in [0.2, 0.25) is 0 Å². The molecule has 5 nitrogen and oxygen atoms in total. The van der Waals surface area contributed by atoms with E-state index in [1.54, 1.807) is 6.20 Å². The summed E-state index contributed by atoms with van der Waals surface area (Å²) in [6.45, 7) is 2.04. The van der Waals surface area contributed by atoms with E-state index in [4.69, 9.17) is 4.98 Å². The molecule has 0 fully saturated rings. The number of pyridine rings is 2. The number of nitrogens with zero attached hydrogens (tertiary/aromatic N) is 3. The van der Waals surface area contributed by atoms with E-state index < -0.39 is 5.60 Å². The molecule has 0 bridgehead atoms. The van der Waals surface area contributed by atoms with Crippen molar-refractivity contribution >= 4 is 23.0 Å². The smallest absolute Gasteiger partial charge is 0.141 e. The summed E-state index contributed by atoms with van der Waals surface area (Å²) in [5, 5.41) is 15.6. The lowest BCUT2D eigenvalue weighted by molar-refractivity contribution is 0.0613. The van der Waals surface area contributed by atoms with Crippen molar-refractivity contribution in [3.63, 3.8) is 0 Å². The Labute approximate surface area is 179 Å². The van der Waals surface area contributed by atoms with Crippen LogP contribution in [0.25, 0.3) is 10.6 Å². The third-order valence-electron chi connectivity index (χ3n) is 5.45. The Kier molecular flexibility index (Phi) is 4.81. The van der Waals surface area contributed by atoms with Gasteiger partial charge in [0.05, 0.1) is 10.6 Å². The van der Waals surface area contributed by atoms with Crippen LogP contribution in [0, 0.1) is 6.92 Å². The van der Waals surface area contributed by atoms with Gasteiger partial charge in [0.2, 0.25) is 0 Å². The van der Waals surface area contributed by atoms with Gasteiger partial charge in [-0.25, -0.2) is 15.0 Å². The van der Waals surface area contributed by atoms with E-state index in [1.807, 2.05) is 61.7 Å². The van der Waals surface area contributed by atoms with E-state index in [-0.39, 0.29) is 0 Å². The number of thiazole rings is 1. The molecule has 0 saturated carbocycles. The largest absolute Gasteiger partial charge is 0.378 e. The van der Waals surface area contributed by atoms with Gasteiger partial charge in [0.15, 0.2) is 0 Å². The quantitative estimate of drug-likeness (QED) is 0.479. The maximum absolute atomic E-state index is 11.6. The summed E-state index contributed by atoms with van der Waals surface area (Å²) in [4.78, 5) is 14.6. The topological polar surface area (TPSA) is 70.9 Å². The summed E-state index contributed by atoms with van der Waals surface area (Å²) in [5.41, 5.74) is 3.08. The lowest BCUT2D eigenvalue weighted by atomic mass is 9.79. The maximum atomic E-state index is 11.6. The number of hydrogen-bond donors (Lipinski definition) is 2. The molecular weight excluding hydrogens is 392 g/mol. The van der Waals surface area contributed by atoms with Crippen LogP contribution in [0.5, 0.6) is 0 Å². The van der Waals surface area contributed by atoms with Gasteiger partial charge < -0.3 is 10.4 Å². The Morgan fingerprint density at radius 3 is 2.77 bits per heavy atom. The first-order chi connectivity index (χ1) is 14.6. The number of anilines is 2. The molecular formula is C24H22N4OS. The van der Waals surface area contributed by atoms with Crippen LogP contribution in [0.3, 0.4) is 0 Å². The van der Waals surface area contributed by atoms with E-state index in [0.717, 1.165) is 51.2 Å². The number of aromatic nitrogens is 3. The third kappa shape index (κ3) is 3.49. The van der Waals surface area contributed by atoms with Crippen LogP contribution >= 0.6 is 11.3 Å². The highest BCUT2D eigenvalue weighted by Gasteiger charge is 2.38. The van der Waals surface area contributed by atoms with Crippen molar-refractivity contribution in [1.82, 2.24) is 15.0 Å². The van der Waals surface area contributed by atoms with E-state index >= 15 is 0 Å². The van der Waals surface area contributed by atoms with E-state index in [0.29, 0.717) is 6.42 Å². The Bertz CT molecular complexity index is 1190. The second-order valence-electron chi connectivity index (χ2n) is 7.66. The van der Waals surface area contributed by atoms with Crippen molar-refractivity contribution in [2.24, 2.45) is 0 Å². The van der Waals surface area contributed by atoms with E-state index in [2.05, 4.69) is 21.4 Å². The third-order valence-corrected chi connectivity index (χ3v) is 6.62. The van der Waals surface area contributed by atoms with E-state index in [1.165, 1.54) is 16.9 Å². The number of nitrogens with one attached hydrogen (secondary N) is 1. The molecule has 3 heterocycles. The highest BCUT2D eigenvalue weighted by Crippen LogP contribution is 2.43. The maximum Gasteiger partial charge on any atom is 0.141 e. The summed E-state index contributed by atoms with van der Waals surface area (Å²) in [6.07, 6.45) is 6.20. The number of hydrogen-bond acceptors (Lipinski definition) is 6. The normalized spacial score (nSPS) is 18.1. The van der Waals surface area contributed by atoms with Gasteiger partial charge in [0.25, 0.3) is 0 Å². The molecule has 150 valence electrons. The van der Waals surface area contributed by atoms with Crippen molar-refractivity contribution in [3.05, 3.63) is 88.7 Å². The highest BCUT2D eigenvalue weighted by molar-refractivity contribution is 7.15. The number of aliphatic hydroxyl groups is 1. The summed E-state index contributed by atoms with van der Waals surface area (Å²) < 4.78 is 0. The molecule has 30 heavy (non-hydrogen) atoms. The predicted molar refractivity (Wildman–Crippen MR) is 120 cm³/mol. The molecule has 5 rings (SSSR count). The molecule has 1 aliphatic rings. The van der Waals surface area contributed by atoms with Gasteiger partial charge in [-0.05, 0) is 67.1 Å². The van der Waals surface area contributed by atoms with Crippen LogP contribution in [0.4, 0.5) is 11.6 Å². The molecule has 6 heteroatoms. The van der Waals surface area contributed by atoms with Crippen molar-refractivity contribution in [1.29, 1.82) is 0 Å². The summed E-state index contributed by atoms with van der Waals surface area (Å²) >= 11 is 1.51. The molecule has 3 aromatic heterocycles. The van der Waals surface area contributed by atoms with Gasteiger partial charge in [-0.1, -0.05) is 30.3 Å². The Hall–Kier alpha value is -3.09. The molecule has 0 radical (unpaired) electrons. The SMILES string of the molecule is Cc1cc(Nc2ccccn2)nc(-c2cnc(C3(O)CCCc4ccccc43)s2)c1. The average molecular weight is 415 g/mol. The van der Waals surface area contributed by atoms with Gasteiger partial charge in [-0.3, -0.25) is 0 Å². The van der Waals surface area contributed by atoms with Crippen LogP contribution in [0.15, 0.2) is 67.0 Å². The van der Waals surface area contributed by atoms with Crippen molar-refractivity contribution in [2.75, 3.05) is 5.32 Å². The molecule has 1 aromatic carbocycles. The molecule has 0 saturated heterocycles. The zero-order valence-electron chi connectivity index (χ0n) is 16.7. The molecule has 2 N–H and O–H groups in total. The Balaban J connectivity index is 1.49. The summed E-state index contributed by atoms with van der Waals surface area (Å²) in [5.74, 6) is 1.49. The Morgan fingerprint density at radius 2 is 1.90 bits per heavy atom. The average Bonchev–Trinajstić information content (AvgIpc) is 3.26. The predicted octanol–water partition coefficient (Wildman–Crippen LogP) is 5.22. The summed E-state index contributed by atoms with van der Waals surface area (Å²) in [6, 6.07) is 17.9. The molecule has 1 atom stereocenters. The minimum absolute atomic E-state index is 0.685. The molecule has 0 amide bonds. The molecule has 1 unspecified atom stereocenters. The lowest BCUT2D eigenvalue weighted by Gasteiger charge is -2.32. The minimum atomic E-state index is -1.03. The fraction of sp³-hybridized carbons (Fsp3) is 0.208. The van der Waals surface area contributed by atoms with Crippen LogP contribution in [-0.2, 0) is 12.0 Å². The molecule has 4 aromatic rings. The van der Waals surface area contributed by atoms with E-state index in [9.17, 15) is 5.11 Å². The number of benzene rings is 1. The molecule has 0 spiro atoms. The van der Waals surface area contributed by atoms with Crippen molar-refractivity contribution in [2.45, 2.75) is 31.8 Å². The van der Waals surface area contributed by atoms with Gasteiger partial charge in [-0.2, -0.15) is 0 Å². The highest BCUT2D eigenvalue weighted by atomic mass is 32.1. The van der Waals surface area contributed by atoms with Crippen molar-refractivity contribution in [3.8, 4) is 10.6 Å². The number of aryl methyl sites for hydroxylation is 2. The monoisotopic (exact) mass is 414 g/mol. The second-order valence-corrected chi connectivity index (χ2v) is 8.69. The first-order valence-electron chi connectivity index (χ1n) is 10.1. The Morgan fingerprint density at radius 1 is 1.03 bits per heavy atom. The van der Waals surface area contributed by atoms with Crippen LogP contribution in [-0.4, -0.2) is 20.1 Å². The first-order valence-corrected chi connectivity index (χ1v) is 10.9. The second kappa shape index (κ2) is 7.63. The van der Waals surface area contributed by atoms with Gasteiger partial charge in [0, 0.05) is 12.4 Å². The zero-order chi connectivity index (χ0) is 20.6. The molecule has 0 aliphatic heterocycles. The molecule has 1 aliphatic carbocycles. The van der Waals surface area contributed by atoms with Crippen LogP contribution < -0.4 is 5.32 Å². The fourth-order valence-corrected chi connectivity index (χ4v) is 5.05. The fourth-order valence-electron chi connectivity index (χ4n) is 4.04. The minimum Gasteiger partial charge on any atom is -0.378 e. The van der Waals surface area contributed by atoms with Crippen LogP contribution in [0.1, 0.15) is 34.5 Å². The number of fused-ring (bicyclic) bond motifs is 1. The number of rotatable bonds is 4. The van der Waals surface area contributed by atoms with Crippen molar-refractivity contribution < 1.29 is 5.11 Å². The van der Waals surface area contributed by atoms with Gasteiger partial charge in [-0.15, -0.1) is 11.3 Å². The van der Waals surface area contributed by atoms with Gasteiger partial charge >= 0.3 is 0 Å². The lowest BCUT2D eigenvalue weighted by Crippen LogP contribution is -2.31. The first kappa shape index (κ1) is 18.9.